The third-order valence-electron chi connectivity index (χ3n) is 4.02. The van der Waals surface area contributed by atoms with Gasteiger partial charge in [-0.25, -0.2) is 17.9 Å². The maximum Gasteiger partial charge on any atom is 0.410 e. The molecule has 1 heterocycles. The van der Waals surface area contributed by atoms with E-state index >= 15 is 0 Å². The van der Waals surface area contributed by atoms with Crippen LogP contribution in [0, 0.1) is 6.92 Å². The van der Waals surface area contributed by atoms with Gasteiger partial charge in [0.2, 0.25) is 10.0 Å². The highest BCUT2D eigenvalue weighted by atomic mass is 32.2. The summed E-state index contributed by atoms with van der Waals surface area (Å²) in [4.78, 5) is 13.9. The number of ether oxygens (including phenoxy) is 1. The monoisotopic (exact) mass is 368 g/mol. The van der Waals surface area contributed by atoms with E-state index in [2.05, 4.69) is 4.72 Å². The highest BCUT2D eigenvalue weighted by molar-refractivity contribution is 7.88. The van der Waals surface area contributed by atoms with Gasteiger partial charge in [-0.05, 0) is 46.1 Å². The van der Waals surface area contributed by atoms with E-state index in [1.807, 2.05) is 52.0 Å². The molecule has 1 aromatic carbocycles. The van der Waals surface area contributed by atoms with E-state index in [0.717, 1.165) is 24.0 Å². The Labute approximate surface area is 150 Å². The van der Waals surface area contributed by atoms with Gasteiger partial charge in [0.15, 0.2) is 0 Å². The van der Waals surface area contributed by atoms with Crippen LogP contribution in [0.5, 0.6) is 0 Å². The number of carbonyl (C=O) groups is 1. The number of nitrogens with one attached hydrogen (secondary N) is 1. The predicted molar refractivity (Wildman–Crippen MR) is 97.8 cm³/mol. The first-order chi connectivity index (χ1) is 11.6. The van der Waals surface area contributed by atoms with Gasteiger partial charge < -0.3 is 9.64 Å². The van der Waals surface area contributed by atoms with Crippen LogP contribution in [-0.4, -0.2) is 44.1 Å². The minimum Gasteiger partial charge on any atom is -0.444 e. The first-order valence-electron chi connectivity index (χ1n) is 8.58. The summed E-state index contributed by atoms with van der Waals surface area (Å²) in [6.45, 7) is 8.23. The summed E-state index contributed by atoms with van der Waals surface area (Å²) < 4.78 is 32.6. The molecule has 7 heteroatoms. The molecule has 0 spiro atoms. The number of nitrogens with zero attached hydrogens (tertiary/aromatic N) is 1. The second kappa shape index (κ2) is 7.74. The molecule has 140 valence electrons. The first kappa shape index (κ1) is 19.7. The lowest BCUT2D eigenvalue weighted by Crippen LogP contribution is -2.45. The SMILES string of the molecule is Cc1ccc(CS(=O)(=O)NC[C@@H]2CCCN2C(=O)OC(C)(C)C)cc1. The zero-order chi connectivity index (χ0) is 18.7. The maximum absolute atomic E-state index is 12.3. The fraction of sp³-hybridized carbons (Fsp3) is 0.611. The topological polar surface area (TPSA) is 75.7 Å². The van der Waals surface area contributed by atoms with Crippen LogP contribution in [0.1, 0.15) is 44.7 Å². The summed E-state index contributed by atoms with van der Waals surface area (Å²) in [5.74, 6) is -0.0631. The smallest absolute Gasteiger partial charge is 0.410 e. The summed E-state index contributed by atoms with van der Waals surface area (Å²) in [5, 5.41) is 0. The van der Waals surface area contributed by atoms with E-state index in [9.17, 15) is 13.2 Å². The number of carbonyl (C=O) groups excluding carboxylic acids is 1. The summed E-state index contributed by atoms with van der Waals surface area (Å²) in [6, 6.07) is 7.26. The molecule has 0 saturated carbocycles. The van der Waals surface area contributed by atoms with Crippen molar-refractivity contribution in [1.29, 1.82) is 0 Å². The highest BCUT2D eigenvalue weighted by Crippen LogP contribution is 2.20. The van der Waals surface area contributed by atoms with Gasteiger partial charge in [-0.3, -0.25) is 0 Å². The number of amides is 1. The van der Waals surface area contributed by atoms with E-state index in [0.29, 0.717) is 6.54 Å². The molecule has 0 aliphatic carbocycles. The summed E-state index contributed by atoms with van der Waals surface area (Å²) in [7, 11) is -3.45. The van der Waals surface area contributed by atoms with Crippen molar-refractivity contribution >= 4 is 16.1 Å². The molecule has 1 fully saturated rings. The van der Waals surface area contributed by atoms with E-state index in [1.54, 1.807) is 4.90 Å². The van der Waals surface area contributed by atoms with Crippen molar-refractivity contribution in [2.24, 2.45) is 0 Å². The molecular weight excluding hydrogens is 340 g/mol. The molecule has 6 nitrogen and oxygen atoms in total. The number of hydrogen-bond acceptors (Lipinski definition) is 4. The van der Waals surface area contributed by atoms with Gasteiger partial charge in [0.1, 0.15) is 5.60 Å². The normalized spacial score (nSPS) is 18.4. The summed E-state index contributed by atoms with van der Waals surface area (Å²) in [6.07, 6.45) is 1.24. The molecule has 1 atom stereocenters. The Morgan fingerprint density at radius 3 is 2.52 bits per heavy atom. The Hall–Kier alpha value is -1.60. The van der Waals surface area contributed by atoms with Gasteiger partial charge >= 0.3 is 6.09 Å². The standard InChI is InChI=1S/C18H28N2O4S/c1-14-7-9-15(10-8-14)13-25(22,23)19-12-16-6-5-11-20(16)17(21)24-18(2,3)4/h7-10,16,19H,5-6,11-13H2,1-4H3/t16-/m0/s1. The quantitative estimate of drug-likeness (QED) is 0.867. The Morgan fingerprint density at radius 2 is 1.92 bits per heavy atom. The average molecular weight is 368 g/mol. The van der Waals surface area contributed by atoms with Crippen LogP contribution in [0.15, 0.2) is 24.3 Å². The van der Waals surface area contributed by atoms with Crippen LogP contribution in [0.2, 0.25) is 0 Å². The number of likely N-dealkylation sites (tertiary alicyclic amines) is 1. The lowest BCUT2D eigenvalue weighted by atomic mass is 10.2. The zero-order valence-corrected chi connectivity index (χ0v) is 16.2. The zero-order valence-electron chi connectivity index (χ0n) is 15.4. The van der Waals surface area contributed by atoms with Crippen molar-refractivity contribution in [2.75, 3.05) is 13.1 Å². The number of sulfonamides is 1. The number of rotatable bonds is 5. The van der Waals surface area contributed by atoms with Crippen molar-refractivity contribution in [3.05, 3.63) is 35.4 Å². The van der Waals surface area contributed by atoms with Crippen LogP contribution >= 0.6 is 0 Å². The molecule has 2 rings (SSSR count). The third kappa shape index (κ3) is 6.32. The number of hydrogen-bond donors (Lipinski definition) is 1. The Balaban J connectivity index is 1.92. The van der Waals surface area contributed by atoms with Crippen molar-refractivity contribution in [3.63, 3.8) is 0 Å². The van der Waals surface area contributed by atoms with Gasteiger partial charge in [0, 0.05) is 19.1 Å². The largest absolute Gasteiger partial charge is 0.444 e. The molecule has 0 unspecified atom stereocenters. The fourth-order valence-electron chi connectivity index (χ4n) is 2.79. The Kier molecular flexibility index (Phi) is 6.11. The molecule has 1 N–H and O–H groups in total. The van der Waals surface area contributed by atoms with Gasteiger partial charge in [0.25, 0.3) is 0 Å². The molecule has 1 saturated heterocycles. The first-order valence-corrected chi connectivity index (χ1v) is 10.2. The molecule has 1 aliphatic heterocycles. The van der Waals surface area contributed by atoms with Crippen molar-refractivity contribution in [2.45, 2.75) is 57.9 Å². The van der Waals surface area contributed by atoms with Crippen LogP contribution < -0.4 is 4.72 Å². The molecular formula is C18H28N2O4S. The van der Waals surface area contributed by atoms with Crippen molar-refractivity contribution in [1.82, 2.24) is 9.62 Å². The number of aryl methyl sites for hydroxylation is 1. The molecule has 1 aliphatic rings. The van der Waals surface area contributed by atoms with Gasteiger partial charge in [0.05, 0.1) is 5.75 Å². The van der Waals surface area contributed by atoms with E-state index in [-0.39, 0.29) is 24.4 Å². The lowest BCUT2D eigenvalue weighted by Gasteiger charge is -2.28. The molecule has 0 aromatic heterocycles. The van der Waals surface area contributed by atoms with E-state index < -0.39 is 15.6 Å². The minimum absolute atomic E-state index is 0.0631. The van der Waals surface area contributed by atoms with E-state index in [4.69, 9.17) is 4.74 Å². The molecule has 1 aromatic rings. The van der Waals surface area contributed by atoms with Crippen LogP contribution in [-0.2, 0) is 20.5 Å². The third-order valence-corrected chi connectivity index (χ3v) is 5.34. The maximum atomic E-state index is 12.3. The lowest BCUT2D eigenvalue weighted by molar-refractivity contribution is 0.0229. The van der Waals surface area contributed by atoms with Crippen molar-refractivity contribution < 1.29 is 17.9 Å². The predicted octanol–water partition coefficient (Wildman–Crippen LogP) is 2.81. The number of benzene rings is 1. The van der Waals surface area contributed by atoms with E-state index in [1.165, 1.54) is 0 Å². The molecule has 1 amide bonds. The van der Waals surface area contributed by atoms with Crippen LogP contribution in [0.3, 0.4) is 0 Å². The average Bonchev–Trinajstić information content (AvgIpc) is 2.94. The Morgan fingerprint density at radius 1 is 1.28 bits per heavy atom. The second-order valence-corrected chi connectivity index (χ2v) is 9.37. The molecule has 0 radical (unpaired) electrons. The van der Waals surface area contributed by atoms with Crippen LogP contribution in [0.25, 0.3) is 0 Å². The molecule has 25 heavy (non-hydrogen) atoms. The highest BCUT2D eigenvalue weighted by Gasteiger charge is 2.32. The second-order valence-electron chi connectivity index (χ2n) is 7.56. The van der Waals surface area contributed by atoms with Gasteiger partial charge in [-0.2, -0.15) is 0 Å². The fourth-order valence-corrected chi connectivity index (χ4v) is 3.97. The van der Waals surface area contributed by atoms with Gasteiger partial charge in [-0.15, -0.1) is 0 Å². The summed E-state index contributed by atoms with van der Waals surface area (Å²) in [5.41, 5.74) is 1.27. The minimum atomic E-state index is -3.45. The van der Waals surface area contributed by atoms with Crippen molar-refractivity contribution in [3.8, 4) is 0 Å². The van der Waals surface area contributed by atoms with Crippen LogP contribution in [0.4, 0.5) is 4.79 Å². The summed E-state index contributed by atoms with van der Waals surface area (Å²) >= 11 is 0. The van der Waals surface area contributed by atoms with Gasteiger partial charge in [-0.1, -0.05) is 29.8 Å². The Bertz CT molecular complexity index is 693. The molecule has 0 bridgehead atoms.